The molecular formula is C13H31ClOSi. The molecule has 3 heteroatoms. The second kappa shape index (κ2) is 9.49. The lowest BCUT2D eigenvalue weighted by molar-refractivity contribution is 0.162. The van der Waals surface area contributed by atoms with E-state index in [9.17, 15) is 0 Å². The van der Waals surface area contributed by atoms with Crippen molar-refractivity contribution in [1.82, 2.24) is 0 Å². The maximum atomic E-state index is 6.68. The molecule has 1 nitrogen and oxygen atoms in total. The summed E-state index contributed by atoms with van der Waals surface area (Å²) in [6, 6.07) is 0. The molecule has 0 rings (SSSR count). The minimum Gasteiger partial charge on any atom is -0.382 e. The Kier molecular flexibility index (Phi) is 11.2. The SMILES string of the molecule is CC(C)[Si](Cl)(C(C)C)C(C)C.CCOCC. The Morgan fingerprint density at radius 1 is 0.812 bits per heavy atom. The number of rotatable bonds is 5. The third-order valence-electron chi connectivity index (χ3n) is 3.06. The minimum atomic E-state index is -1.51. The molecule has 16 heavy (non-hydrogen) atoms. The van der Waals surface area contributed by atoms with Gasteiger partial charge in [-0.25, -0.2) is 0 Å². The summed E-state index contributed by atoms with van der Waals surface area (Å²) >= 11 is 6.68. The van der Waals surface area contributed by atoms with Gasteiger partial charge in [0, 0.05) is 13.2 Å². The van der Waals surface area contributed by atoms with Crippen LogP contribution in [0.4, 0.5) is 0 Å². The standard InChI is InChI=1S/C9H21ClSi.C4H10O/c1-7(2)11(10,8(3)4)9(5)6;1-3-5-4-2/h7-9H,1-6H3;3-4H2,1-2H3. The van der Waals surface area contributed by atoms with Crippen molar-refractivity contribution >= 4 is 18.5 Å². The van der Waals surface area contributed by atoms with Crippen LogP contribution in [0.25, 0.3) is 0 Å². The number of halogens is 1. The maximum absolute atomic E-state index is 6.68. The van der Waals surface area contributed by atoms with Gasteiger partial charge in [0.25, 0.3) is 0 Å². The summed E-state index contributed by atoms with van der Waals surface area (Å²) in [6.07, 6.45) is 0. The Morgan fingerprint density at radius 2 is 1.06 bits per heavy atom. The van der Waals surface area contributed by atoms with Gasteiger partial charge in [0.05, 0.1) is 0 Å². The van der Waals surface area contributed by atoms with Gasteiger partial charge in [-0.05, 0) is 30.5 Å². The smallest absolute Gasteiger partial charge is 0.164 e. The average Bonchev–Trinajstić information content (AvgIpc) is 2.17. The van der Waals surface area contributed by atoms with E-state index in [0.29, 0.717) is 16.6 Å². The number of hydrogen-bond donors (Lipinski definition) is 0. The maximum Gasteiger partial charge on any atom is 0.164 e. The third kappa shape index (κ3) is 6.26. The van der Waals surface area contributed by atoms with E-state index >= 15 is 0 Å². The third-order valence-corrected chi connectivity index (χ3v) is 12.3. The topological polar surface area (TPSA) is 9.23 Å². The van der Waals surface area contributed by atoms with Crippen LogP contribution < -0.4 is 0 Å². The van der Waals surface area contributed by atoms with Crippen LogP contribution in [0, 0.1) is 0 Å². The van der Waals surface area contributed by atoms with Gasteiger partial charge < -0.3 is 4.74 Å². The first-order chi connectivity index (χ1) is 7.24. The largest absolute Gasteiger partial charge is 0.382 e. The molecule has 0 aliphatic carbocycles. The normalized spacial score (nSPS) is 12.0. The molecule has 0 aliphatic rings. The predicted octanol–water partition coefficient (Wildman–Crippen LogP) is 5.44. The van der Waals surface area contributed by atoms with Crippen molar-refractivity contribution < 1.29 is 4.74 Å². The summed E-state index contributed by atoms with van der Waals surface area (Å²) in [5, 5.41) is 0. The van der Waals surface area contributed by atoms with Crippen molar-refractivity contribution in [3.63, 3.8) is 0 Å². The molecule has 0 saturated heterocycles. The molecule has 0 unspecified atom stereocenters. The molecule has 0 fully saturated rings. The molecule has 0 aromatic rings. The lowest BCUT2D eigenvalue weighted by Crippen LogP contribution is -2.37. The Bertz CT molecular complexity index is 134. The lowest BCUT2D eigenvalue weighted by atomic mass is 10.5. The van der Waals surface area contributed by atoms with Crippen LogP contribution in [0.15, 0.2) is 0 Å². The number of ether oxygens (including phenoxy) is 1. The molecule has 0 aromatic carbocycles. The quantitative estimate of drug-likeness (QED) is 0.475. The zero-order valence-electron chi connectivity index (χ0n) is 12.4. The lowest BCUT2D eigenvalue weighted by Gasteiger charge is -2.36. The van der Waals surface area contributed by atoms with Gasteiger partial charge in [0.15, 0.2) is 7.38 Å². The van der Waals surface area contributed by atoms with E-state index in [2.05, 4.69) is 41.5 Å². The molecule has 0 bridgehead atoms. The van der Waals surface area contributed by atoms with Gasteiger partial charge in [-0.3, -0.25) is 0 Å². The molecule has 0 aliphatic heterocycles. The Hall–Kier alpha value is 0.467. The van der Waals surface area contributed by atoms with Gasteiger partial charge in [0.2, 0.25) is 0 Å². The average molecular weight is 267 g/mol. The van der Waals surface area contributed by atoms with E-state index in [1.807, 2.05) is 13.8 Å². The van der Waals surface area contributed by atoms with Crippen molar-refractivity contribution in [2.45, 2.75) is 72.0 Å². The molecule has 0 atom stereocenters. The summed E-state index contributed by atoms with van der Waals surface area (Å²) in [6.45, 7) is 19.2. The first-order valence-corrected chi connectivity index (χ1v) is 9.75. The van der Waals surface area contributed by atoms with Crippen LogP contribution in [0.3, 0.4) is 0 Å². The fourth-order valence-electron chi connectivity index (χ4n) is 2.20. The summed E-state index contributed by atoms with van der Waals surface area (Å²) in [5.74, 6) is 0. The highest BCUT2D eigenvalue weighted by Gasteiger charge is 2.40. The van der Waals surface area contributed by atoms with Crippen molar-refractivity contribution in [3.05, 3.63) is 0 Å². The van der Waals surface area contributed by atoms with Crippen LogP contribution in [-0.2, 0) is 4.74 Å². The molecule has 100 valence electrons. The van der Waals surface area contributed by atoms with E-state index in [4.69, 9.17) is 15.8 Å². The fourth-order valence-corrected chi connectivity index (χ4v) is 6.20. The van der Waals surface area contributed by atoms with E-state index in [-0.39, 0.29) is 0 Å². The molecule has 0 saturated carbocycles. The summed E-state index contributed by atoms with van der Waals surface area (Å²) in [7, 11) is -1.51. The van der Waals surface area contributed by atoms with Crippen molar-refractivity contribution in [3.8, 4) is 0 Å². The number of hydrogen-bond acceptors (Lipinski definition) is 1. The van der Waals surface area contributed by atoms with Gasteiger partial charge in [0.1, 0.15) is 0 Å². The highest BCUT2D eigenvalue weighted by Crippen LogP contribution is 2.44. The molecular weight excluding hydrogens is 236 g/mol. The fraction of sp³-hybridized carbons (Fsp3) is 1.00. The summed E-state index contributed by atoms with van der Waals surface area (Å²) in [5.41, 5.74) is 2.05. The molecule has 0 N–H and O–H groups in total. The minimum absolute atomic E-state index is 0.684. The van der Waals surface area contributed by atoms with Gasteiger partial charge in [-0.1, -0.05) is 41.5 Å². The molecule has 0 spiro atoms. The van der Waals surface area contributed by atoms with Crippen LogP contribution in [0.2, 0.25) is 16.6 Å². The highest BCUT2D eigenvalue weighted by molar-refractivity contribution is 7.22. The van der Waals surface area contributed by atoms with Crippen molar-refractivity contribution in [1.29, 1.82) is 0 Å². The second-order valence-corrected chi connectivity index (χ2v) is 12.2. The van der Waals surface area contributed by atoms with Crippen LogP contribution >= 0.6 is 11.1 Å². The first-order valence-electron chi connectivity index (χ1n) is 6.51. The van der Waals surface area contributed by atoms with Crippen LogP contribution in [0.1, 0.15) is 55.4 Å². The van der Waals surface area contributed by atoms with Crippen LogP contribution in [-0.4, -0.2) is 20.6 Å². The van der Waals surface area contributed by atoms with Crippen molar-refractivity contribution in [2.24, 2.45) is 0 Å². The molecule has 0 aromatic heterocycles. The summed E-state index contributed by atoms with van der Waals surface area (Å²) in [4.78, 5) is 0. The van der Waals surface area contributed by atoms with E-state index in [1.165, 1.54) is 0 Å². The second-order valence-electron chi connectivity index (χ2n) is 5.07. The first kappa shape index (κ1) is 18.8. The monoisotopic (exact) mass is 266 g/mol. The Labute approximate surface area is 109 Å². The van der Waals surface area contributed by atoms with Gasteiger partial charge >= 0.3 is 0 Å². The Balaban J connectivity index is 0. The Morgan fingerprint density at radius 3 is 1.06 bits per heavy atom. The van der Waals surface area contributed by atoms with Crippen LogP contribution in [0.5, 0.6) is 0 Å². The van der Waals surface area contributed by atoms with Gasteiger partial charge in [-0.2, -0.15) is 11.1 Å². The zero-order valence-corrected chi connectivity index (χ0v) is 14.2. The molecule has 0 radical (unpaired) electrons. The van der Waals surface area contributed by atoms with E-state index < -0.39 is 7.38 Å². The van der Waals surface area contributed by atoms with Crippen molar-refractivity contribution in [2.75, 3.05) is 13.2 Å². The zero-order chi connectivity index (χ0) is 13.4. The van der Waals surface area contributed by atoms with E-state index in [0.717, 1.165) is 13.2 Å². The van der Waals surface area contributed by atoms with Gasteiger partial charge in [-0.15, -0.1) is 0 Å². The highest BCUT2D eigenvalue weighted by atomic mass is 35.6. The predicted molar refractivity (Wildman–Crippen MR) is 79.1 cm³/mol. The molecule has 0 amide bonds. The summed E-state index contributed by atoms with van der Waals surface area (Å²) < 4.78 is 4.83. The van der Waals surface area contributed by atoms with E-state index in [1.54, 1.807) is 0 Å². The molecule has 0 heterocycles.